The zero-order valence-electron chi connectivity index (χ0n) is 14.9. The van der Waals surface area contributed by atoms with Gasteiger partial charge in [-0.2, -0.15) is 0 Å². The van der Waals surface area contributed by atoms with E-state index in [1.807, 2.05) is 30.6 Å². The minimum atomic E-state index is 0.213. The Labute approximate surface area is 152 Å². The number of imidazole rings is 1. The minimum Gasteiger partial charge on any atom is -0.495 e. The highest BCUT2D eigenvalue weighted by atomic mass is 16.5. The average Bonchev–Trinajstić information content (AvgIpc) is 3.09. The molecule has 1 heterocycles. The summed E-state index contributed by atoms with van der Waals surface area (Å²) in [7, 11) is 1.69. The van der Waals surface area contributed by atoms with Crippen molar-refractivity contribution in [3.8, 4) is 11.4 Å². The maximum Gasteiger partial charge on any atom is 0.143 e. The number of hydrogen-bond donors (Lipinski definition) is 0. The molecule has 1 aromatic heterocycles. The first-order valence-corrected chi connectivity index (χ1v) is 8.69. The normalized spacial score (nSPS) is 11.2. The van der Waals surface area contributed by atoms with Gasteiger partial charge in [0.15, 0.2) is 0 Å². The number of ketones is 1. The topological polar surface area (TPSA) is 44.1 Å². The van der Waals surface area contributed by atoms with Gasteiger partial charge in [-0.25, -0.2) is 4.98 Å². The lowest BCUT2D eigenvalue weighted by Gasteiger charge is -2.14. The van der Waals surface area contributed by atoms with Crippen LogP contribution in [0.4, 0.5) is 0 Å². The van der Waals surface area contributed by atoms with Crippen molar-refractivity contribution in [1.82, 2.24) is 9.55 Å². The number of benzene rings is 3. The number of hydrogen-bond acceptors (Lipinski definition) is 3. The van der Waals surface area contributed by atoms with Gasteiger partial charge in [0, 0.05) is 11.8 Å². The third kappa shape index (κ3) is 2.84. The molecule has 3 aromatic carbocycles. The molecule has 26 heavy (non-hydrogen) atoms. The summed E-state index contributed by atoms with van der Waals surface area (Å²) in [6, 6.07) is 18.5. The molecule has 0 saturated heterocycles. The van der Waals surface area contributed by atoms with Crippen molar-refractivity contribution in [3.63, 3.8) is 0 Å². The van der Waals surface area contributed by atoms with E-state index in [1.165, 1.54) is 5.56 Å². The van der Waals surface area contributed by atoms with Crippen LogP contribution in [0.25, 0.3) is 27.5 Å². The zero-order valence-corrected chi connectivity index (χ0v) is 14.9. The number of aromatic nitrogens is 2. The first-order chi connectivity index (χ1) is 12.7. The van der Waals surface area contributed by atoms with Crippen LogP contribution in [0.2, 0.25) is 0 Å². The molecule has 0 N–H and O–H groups in total. The number of ether oxygens (including phenoxy) is 1. The lowest BCUT2D eigenvalue weighted by molar-refractivity contribution is -0.116. The summed E-state index contributed by atoms with van der Waals surface area (Å²) in [5, 5.41) is 2.22. The molecule has 0 aliphatic heterocycles. The number of fused-ring (bicyclic) bond motifs is 2. The number of carbonyl (C=O) groups is 1. The number of carbonyl (C=O) groups excluding carboxylic acids is 1. The van der Waals surface area contributed by atoms with E-state index in [9.17, 15) is 4.79 Å². The minimum absolute atomic E-state index is 0.213. The summed E-state index contributed by atoms with van der Waals surface area (Å²) in [5.41, 5.74) is 4.14. The van der Waals surface area contributed by atoms with Crippen LogP contribution in [0.15, 0.2) is 60.9 Å². The van der Waals surface area contributed by atoms with Crippen LogP contribution in [0.3, 0.4) is 0 Å². The molecule has 0 unspecified atom stereocenters. The number of rotatable bonds is 5. The summed E-state index contributed by atoms with van der Waals surface area (Å²) in [6.45, 7) is 1.63. The van der Waals surface area contributed by atoms with E-state index in [0.717, 1.165) is 39.7 Å². The number of aryl methyl sites for hydroxylation is 1. The fraction of sp³-hybridized carbons (Fsp3) is 0.182. The van der Waals surface area contributed by atoms with Crippen molar-refractivity contribution < 1.29 is 9.53 Å². The Hall–Kier alpha value is -3.14. The van der Waals surface area contributed by atoms with E-state index in [1.54, 1.807) is 14.0 Å². The van der Waals surface area contributed by atoms with Crippen molar-refractivity contribution in [2.45, 2.75) is 19.8 Å². The van der Waals surface area contributed by atoms with Crippen LogP contribution in [0.1, 0.15) is 18.9 Å². The van der Waals surface area contributed by atoms with E-state index in [2.05, 4.69) is 39.9 Å². The van der Waals surface area contributed by atoms with Crippen molar-refractivity contribution >= 4 is 27.6 Å². The van der Waals surface area contributed by atoms with Crippen molar-refractivity contribution in [3.05, 3.63) is 66.5 Å². The highest BCUT2D eigenvalue weighted by molar-refractivity contribution is 5.95. The Kier molecular flexibility index (Phi) is 4.17. The predicted molar refractivity (Wildman–Crippen MR) is 104 cm³/mol. The largest absolute Gasteiger partial charge is 0.495 e. The number of nitrogens with zero attached hydrogens (tertiary/aromatic N) is 2. The van der Waals surface area contributed by atoms with Crippen LogP contribution in [0, 0.1) is 0 Å². The molecule has 0 amide bonds. The average molecular weight is 344 g/mol. The fourth-order valence-corrected chi connectivity index (χ4v) is 3.37. The molecule has 0 saturated carbocycles. The van der Waals surface area contributed by atoms with Gasteiger partial charge in [0.25, 0.3) is 0 Å². The molecule has 4 rings (SSSR count). The second kappa shape index (κ2) is 6.64. The first-order valence-electron chi connectivity index (χ1n) is 8.69. The number of methoxy groups -OCH3 is 1. The van der Waals surface area contributed by atoms with Gasteiger partial charge in [0.1, 0.15) is 17.9 Å². The van der Waals surface area contributed by atoms with E-state index in [0.29, 0.717) is 6.42 Å². The molecular weight excluding hydrogens is 324 g/mol. The van der Waals surface area contributed by atoms with Crippen LogP contribution in [-0.4, -0.2) is 22.4 Å². The molecular formula is C22H20N2O2. The highest BCUT2D eigenvalue weighted by Crippen LogP contribution is 2.34. The molecule has 0 aliphatic carbocycles. The zero-order chi connectivity index (χ0) is 18.1. The van der Waals surface area contributed by atoms with Gasteiger partial charge < -0.3 is 9.53 Å². The smallest absolute Gasteiger partial charge is 0.143 e. The highest BCUT2D eigenvalue weighted by Gasteiger charge is 2.14. The van der Waals surface area contributed by atoms with E-state index < -0.39 is 0 Å². The standard InChI is InChI=1S/C22H20N2O2/c1-15(25)7-8-16-9-11-18-17(13-16)10-12-21(26-2)22(18)24-14-23-19-5-3-4-6-20(19)24/h3-6,9-14H,7-8H2,1-2H3. The van der Waals surface area contributed by atoms with Gasteiger partial charge in [-0.15, -0.1) is 0 Å². The lowest BCUT2D eigenvalue weighted by Crippen LogP contribution is -1.99. The number of Topliss-reactive ketones (excluding diaryl/α,β-unsaturated/α-hetero) is 1. The Morgan fingerprint density at radius 2 is 1.96 bits per heavy atom. The maximum atomic E-state index is 11.3. The second-order valence-electron chi connectivity index (χ2n) is 6.48. The summed E-state index contributed by atoms with van der Waals surface area (Å²) in [5.74, 6) is 1.02. The van der Waals surface area contributed by atoms with Crippen LogP contribution in [-0.2, 0) is 11.2 Å². The third-order valence-electron chi connectivity index (χ3n) is 4.70. The summed E-state index contributed by atoms with van der Waals surface area (Å²) in [4.78, 5) is 15.8. The Bertz CT molecular complexity index is 1110. The third-order valence-corrected chi connectivity index (χ3v) is 4.70. The van der Waals surface area contributed by atoms with Crippen molar-refractivity contribution in [2.24, 2.45) is 0 Å². The van der Waals surface area contributed by atoms with Crippen LogP contribution >= 0.6 is 0 Å². The van der Waals surface area contributed by atoms with Crippen LogP contribution in [0.5, 0.6) is 5.75 Å². The SMILES string of the molecule is COc1ccc2cc(CCC(C)=O)ccc2c1-n1cnc2ccccc21. The molecule has 0 atom stereocenters. The van der Waals surface area contributed by atoms with Gasteiger partial charge >= 0.3 is 0 Å². The van der Waals surface area contributed by atoms with Gasteiger partial charge in [-0.3, -0.25) is 4.57 Å². The van der Waals surface area contributed by atoms with E-state index in [-0.39, 0.29) is 5.78 Å². The quantitative estimate of drug-likeness (QED) is 0.527. The first kappa shape index (κ1) is 16.3. The van der Waals surface area contributed by atoms with Gasteiger partial charge in [0.05, 0.1) is 23.8 Å². The molecule has 4 aromatic rings. The molecule has 4 nitrogen and oxygen atoms in total. The van der Waals surface area contributed by atoms with Gasteiger partial charge in [-0.05, 0) is 42.5 Å². The molecule has 0 fully saturated rings. The van der Waals surface area contributed by atoms with Crippen molar-refractivity contribution in [2.75, 3.05) is 7.11 Å². The Morgan fingerprint density at radius 1 is 1.12 bits per heavy atom. The van der Waals surface area contributed by atoms with Gasteiger partial charge in [-0.1, -0.05) is 36.4 Å². The Morgan fingerprint density at radius 3 is 2.77 bits per heavy atom. The summed E-state index contributed by atoms with van der Waals surface area (Å²) >= 11 is 0. The molecule has 0 bridgehead atoms. The summed E-state index contributed by atoms with van der Waals surface area (Å²) in [6.07, 6.45) is 3.17. The molecule has 0 radical (unpaired) electrons. The van der Waals surface area contributed by atoms with Crippen LogP contribution < -0.4 is 4.74 Å². The van der Waals surface area contributed by atoms with E-state index in [4.69, 9.17) is 4.74 Å². The lowest BCUT2D eigenvalue weighted by atomic mass is 10.0. The second-order valence-corrected chi connectivity index (χ2v) is 6.48. The monoisotopic (exact) mass is 344 g/mol. The Balaban J connectivity index is 1.91. The number of para-hydroxylation sites is 2. The van der Waals surface area contributed by atoms with Crippen molar-refractivity contribution in [1.29, 1.82) is 0 Å². The predicted octanol–water partition coefficient (Wildman–Crippen LogP) is 4.71. The fourth-order valence-electron chi connectivity index (χ4n) is 3.37. The molecule has 0 aliphatic rings. The molecule has 4 heteroatoms. The maximum absolute atomic E-state index is 11.3. The van der Waals surface area contributed by atoms with Gasteiger partial charge in [0.2, 0.25) is 0 Å². The summed E-state index contributed by atoms with van der Waals surface area (Å²) < 4.78 is 7.72. The molecule has 0 spiro atoms. The molecule has 130 valence electrons. The van der Waals surface area contributed by atoms with E-state index >= 15 is 0 Å².